The molecule has 0 spiro atoms. The van der Waals surface area contributed by atoms with Crippen LogP contribution in [0.15, 0.2) is 64.3 Å². The van der Waals surface area contributed by atoms with E-state index in [4.69, 9.17) is 9.05 Å². The van der Waals surface area contributed by atoms with Crippen LogP contribution in [0.5, 0.6) is 0 Å². The summed E-state index contributed by atoms with van der Waals surface area (Å²) in [5, 5.41) is 10.5. The van der Waals surface area contributed by atoms with Crippen LogP contribution in [0.2, 0.25) is 0 Å². The van der Waals surface area contributed by atoms with E-state index < -0.39 is 0 Å². The van der Waals surface area contributed by atoms with Crippen LogP contribution in [0.4, 0.5) is 11.6 Å². The summed E-state index contributed by atoms with van der Waals surface area (Å²) in [6.45, 7) is 0. The van der Waals surface area contributed by atoms with Crippen molar-refractivity contribution in [2.24, 2.45) is 0 Å². The molecule has 0 unspecified atom stereocenters. The zero-order valence-corrected chi connectivity index (χ0v) is 11.7. The van der Waals surface area contributed by atoms with Crippen molar-refractivity contribution in [2.75, 3.05) is 5.32 Å². The second kappa shape index (κ2) is 5.68. The van der Waals surface area contributed by atoms with Crippen LogP contribution in [0.25, 0.3) is 22.8 Å². The van der Waals surface area contributed by atoms with E-state index in [0.29, 0.717) is 34.4 Å². The van der Waals surface area contributed by atoms with Crippen LogP contribution >= 0.6 is 0 Å². The van der Waals surface area contributed by atoms with E-state index >= 15 is 0 Å². The van der Waals surface area contributed by atoms with Crippen molar-refractivity contribution >= 4 is 11.6 Å². The molecule has 0 saturated heterocycles. The van der Waals surface area contributed by atoms with Crippen LogP contribution in [-0.4, -0.2) is 25.3 Å². The maximum absolute atomic E-state index is 4.85. The Morgan fingerprint density at radius 1 is 0.870 bits per heavy atom. The molecular formula is C15H10N6O2. The SMILES string of the molecule is c1cc(-c2ccon2)nc(-c2ccnc(Nc3cnoc3)n2)c1. The third-order valence-corrected chi connectivity index (χ3v) is 3.06. The average molecular weight is 306 g/mol. The molecular weight excluding hydrogens is 296 g/mol. The fraction of sp³-hybridized carbons (Fsp3) is 0. The zero-order chi connectivity index (χ0) is 15.5. The maximum atomic E-state index is 4.85. The van der Waals surface area contributed by atoms with Gasteiger partial charge >= 0.3 is 0 Å². The molecule has 1 N–H and O–H groups in total. The van der Waals surface area contributed by atoms with Crippen molar-refractivity contribution in [2.45, 2.75) is 0 Å². The van der Waals surface area contributed by atoms with Gasteiger partial charge in [0.25, 0.3) is 0 Å². The van der Waals surface area contributed by atoms with Crippen molar-refractivity contribution in [3.05, 3.63) is 55.3 Å². The molecule has 8 heteroatoms. The van der Waals surface area contributed by atoms with Gasteiger partial charge < -0.3 is 14.4 Å². The molecule has 4 heterocycles. The molecule has 4 aromatic heterocycles. The Bertz CT molecular complexity index is 905. The number of nitrogens with one attached hydrogen (secondary N) is 1. The molecule has 4 rings (SSSR count). The highest BCUT2D eigenvalue weighted by atomic mass is 16.5. The summed E-state index contributed by atoms with van der Waals surface area (Å²) in [5.74, 6) is 0.430. The van der Waals surface area contributed by atoms with Crippen LogP contribution in [0.1, 0.15) is 0 Å². The van der Waals surface area contributed by atoms with Gasteiger partial charge in [-0.2, -0.15) is 0 Å². The summed E-state index contributed by atoms with van der Waals surface area (Å²) in [7, 11) is 0. The van der Waals surface area contributed by atoms with Crippen molar-refractivity contribution < 1.29 is 9.05 Å². The molecule has 0 saturated carbocycles. The van der Waals surface area contributed by atoms with Crippen LogP contribution in [0, 0.1) is 0 Å². The minimum absolute atomic E-state index is 0.430. The van der Waals surface area contributed by atoms with Crippen molar-refractivity contribution in [1.82, 2.24) is 25.3 Å². The second-order valence-corrected chi connectivity index (χ2v) is 4.60. The van der Waals surface area contributed by atoms with Crippen LogP contribution < -0.4 is 5.32 Å². The number of nitrogens with zero attached hydrogens (tertiary/aromatic N) is 5. The molecule has 112 valence electrons. The molecule has 0 fully saturated rings. The summed E-state index contributed by atoms with van der Waals surface area (Å²) in [5.41, 5.74) is 3.45. The smallest absolute Gasteiger partial charge is 0.227 e. The first-order valence-electron chi connectivity index (χ1n) is 6.76. The monoisotopic (exact) mass is 306 g/mol. The Morgan fingerprint density at radius 2 is 1.74 bits per heavy atom. The number of pyridine rings is 1. The molecule has 0 aliphatic carbocycles. The van der Waals surface area contributed by atoms with Crippen LogP contribution in [-0.2, 0) is 0 Å². The number of rotatable bonds is 4. The molecule has 8 nitrogen and oxygen atoms in total. The lowest BCUT2D eigenvalue weighted by molar-refractivity contribution is 0.420. The quantitative estimate of drug-likeness (QED) is 0.614. The van der Waals surface area contributed by atoms with Gasteiger partial charge in [-0.15, -0.1) is 0 Å². The van der Waals surface area contributed by atoms with Gasteiger partial charge in [-0.05, 0) is 18.2 Å². The summed E-state index contributed by atoms with van der Waals surface area (Å²) in [4.78, 5) is 13.2. The summed E-state index contributed by atoms with van der Waals surface area (Å²) >= 11 is 0. The maximum Gasteiger partial charge on any atom is 0.227 e. The van der Waals surface area contributed by atoms with E-state index in [2.05, 4.69) is 30.6 Å². The summed E-state index contributed by atoms with van der Waals surface area (Å²) < 4.78 is 9.61. The minimum atomic E-state index is 0.430. The predicted molar refractivity (Wildman–Crippen MR) is 80.5 cm³/mol. The van der Waals surface area contributed by atoms with Gasteiger partial charge in [-0.1, -0.05) is 16.4 Å². The largest absolute Gasteiger partial charge is 0.364 e. The third-order valence-electron chi connectivity index (χ3n) is 3.06. The van der Waals surface area contributed by atoms with Gasteiger partial charge in [0, 0.05) is 12.3 Å². The molecule has 0 aliphatic heterocycles. The lowest BCUT2D eigenvalue weighted by Crippen LogP contribution is -1.98. The molecule has 0 radical (unpaired) electrons. The number of hydrogen-bond donors (Lipinski definition) is 1. The molecule has 0 amide bonds. The molecule has 0 bridgehead atoms. The van der Waals surface area contributed by atoms with Crippen LogP contribution in [0.3, 0.4) is 0 Å². The molecule has 4 aromatic rings. The highest BCUT2D eigenvalue weighted by Crippen LogP contribution is 2.21. The van der Waals surface area contributed by atoms with E-state index in [9.17, 15) is 0 Å². The van der Waals surface area contributed by atoms with Gasteiger partial charge in [0.15, 0.2) is 0 Å². The zero-order valence-electron chi connectivity index (χ0n) is 11.7. The van der Waals surface area contributed by atoms with Gasteiger partial charge in [-0.25, -0.2) is 15.0 Å². The first kappa shape index (κ1) is 13.1. The number of aromatic nitrogens is 5. The number of hydrogen-bond acceptors (Lipinski definition) is 8. The molecule has 0 aliphatic rings. The van der Waals surface area contributed by atoms with Gasteiger partial charge in [0.05, 0.1) is 23.3 Å². The Labute approximate surface area is 130 Å². The lowest BCUT2D eigenvalue weighted by atomic mass is 10.2. The lowest BCUT2D eigenvalue weighted by Gasteiger charge is -2.05. The van der Waals surface area contributed by atoms with Crippen molar-refractivity contribution in [3.8, 4) is 22.8 Å². The molecule has 0 aromatic carbocycles. The minimum Gasteiger partial charge on any atom is -0.364 e. The predicted octanol–water partition coefficient (Wildman–Crippen LogP) is 2.93. The van der Waals surface area contributed by atoms with E-state index in [1.165, 1.54) is 12.5 Å². The van der Waals surface area contributed by atoms with Gasteiger partial charge in [0.1, 0.15) is 23.9 Å². The Balaban J connectivity index is 1.67. The van der Waals surface area contributed by atoms with E-state index in [0.717, 1.165) is 0 Å². The van der Waals surface area contributed by atoms with Crippen molar-refractivity contribution in [1.29, 1.82) is 0 Å². The fourth-order valence-electron chi connectivity index (χ4n) is 2.02. The fourth-order valence-corrected chi connectivity index (χ4v) is 2.02. The van der Waals surface area contributed by atoms with Gasteiger partial charge in [0.2, 0.25) is 5.95 Å². The second-order valence-electron chi connectivity index (χ2n) is 4.60. The topological polar surface area (TPSA) is 103 Å². The Kier molecular flexibility index (Phi) is 3.24. The Hall–Kier alpha value is -3.55. The first-order chi connectivity index (χ1) is 11.4. The van der Waals surface area contributed by atoms with E-state index in [1.54, 1.807) is 24.5 Å². The van der Waals surface area contributed by atoms with E-state index in [-0.39, 0.29) is 0 Å². The summed E-state index contributed by atoms with van der Waals surface area (Å²) in [6, 6.07) is 9.16. The third kappa shape index (κ3) is 2.77. The Morgan fingerprint density at radius 3 is 2.52 bits per heavy atom. The average Bonchev–Trinajstić information content (AvgIpc) is 3.29. The summed E-state index contributed by atoms with van der Waals surface area (Å²) in [6.07, 6.45) is 6.18. The first-order valence-corrected chi connectivity index (χ1v) is 6.76. The molecule has 23 heavy (non-hydrogen) atoms. The van der Waals surface area contributed by atoms with Crippen molar-refractivity contribution in [3.63, 3.8) is 0 Å². The number of anilines is 2. The highest BCUT2D eigenvalue weighted by Gasteiger charge is 2.08. The normalized spacial score (nSPS) is 10.6. The van der Waals surface area contributed by atoms with Gasteiger partial charge in [-0.3, -0.25) is 0 Å². The highest BCUT2D eigenvalue weighted by molar-refractivity contribution is 5.62. The standard InChI is InChI=1S/C15H10N6O2/c1-2-11(19-12(3-1)14-5-7-22-21-14)13-4-6-16-15(20-13)18-10-8-17-23-9-10/h1-9H,(H,16,18,20). The van der Waals surface area contributed by atoms with E-state index in [1.807, 2.05) is 18.2 Å². The molecule has 0 atom stereocenters.